The molecule has 0 amide bonds. The Hall–Kier alpha value is -1.88. The van der Waals surface area contributed by atoms with Crippen molar-refractivity contribution in [1.82, 2.24) is 0 Å². The molecule has 1 aromatic rings. The van der Waals surface area contributed by atoms with Crippen molar-refractivity contribution in [3.8, 4) is 0 Å². The van der Waals surface area contributed by atoms with E-state index in [1.165, 1.54) is 0 Å². The van der Waals surface area contributed by atoms with Crippen molar-refractivity contribution < 1.29 is 24.5 Å². The molecule has 0 atom stereocenters. The first-order valence-corrected chi connectivity index (χ1v) is 5.14. The van der Waals surface area contributed by atoms with E-state index in [1.807, 2.05) is 30.3 Å². The first-order chi connectivity index (χ1) is 8.11. The smallest absolute Gasteiger partial charge is 0.0716 e. The molecule has 92 valence electrons. The van der Waals surface area contributed by atoms with Crippen molar-refractivity contribution in [2.45, 2.75) is 13.0 Å². The number of carboxylic acids is 2. The predicted octanol–water partition coefficient (Wildman–Crippen LogP) is -1.29. The van der Waals surface area contributed by atoms with Crippen LogP contribution in [0.2, 0.25) is 0 Å². The normalized spacial score (nSPS) is 10.4. The summed E-state index contributed by atoms with van der Waals surface area (Å²) in [5.74, 6) is -4.91. The average molecular weight is 236 g/mol. The summed E-state index contributed by atoms with van der Waals surface area (Å²) in [5.41, 5.74) is 0.936. The lowest BCUT2D eigenvalue weighted by molar-refractivity contribution is -0.332. The van der Waals surface area contributed by atoms with Gasteiger partial charge in [-0.05, 0) is 12.0 Å². The molecule has 0 heterocycles. The molecular formula is C12H12O5-2. The molecule has 0 aromatic heterocycles. The van der Waals surface area contributed by atoms with Gasteiger partial charge in [0, 0.05) is 12.5 Å². The van der Waals surface area contributed by atoms with Crippen LogP contribution in [-0.2, 0) is 20.9 Å². The Morgan fingerprint density at radius 1 is 1.12 bits per heavy atom. The lowest BCUT2D eigenvalue weighted by atomic mass is 10.1. The van der Waals surface area contributed by atoms with Crippen LogP contribution in [0.15, 0.2) is 30.3 Å². The van der Waals surface area contributed by atoms with Crippen molar-refractivity contribution in [2.24, 2.45) is 5.92 Å². The van der Waals surface area contributed by atoms with Crippen LogP contribution in [0.3, 0.4) is 0 Å². The number of ether oxygens (including phenoxy) is 1. The van der Waals surface area contributed by atoms with Crippen LogP contribution in [0.4, 0.5) is 0 Å². The Morgan fingerprint density at radius 2 is 1.71 bits per heavy atom. The summed E-state index contributed by atoms with van der Waals surface area (Å²) >= 11 is 0. The van der Waals surface area contributed by atoms with Gasteiger partial charge in [0.1, 0.15) is 0 Å². The first kappa shape index (κ1) is 13.2. The highest BCUT2D eigenvalue weighted by Gasteiger charge is 2.10. The van der Waals surface area contributed by atoms with E-state index >= 15 is 0 Å². The van der Waals surface area contributed by atoms with E-state index in [-0.39, 0.29) is 13.0 Å². The number of carbonyl (C=O) groups excluding carboxylic acids is 2. The fourth-order valence-electron chi connectivity index (χ4n) is 1.30. The lowest BCUT2D eigenvalue weighted by Gasteiger charge is -2.18. The number of benzene rings is 1. The second kappa shape index (κ2) is 6.65. The van der Waals surface area contributed by atoms with E-state index in [0.717, 1.165) is 5.56 Å². The molecule has 1 rings (SSSR count). The summed E-state index contributed by atoms with van der Waals surface area (Å²) in [6, 6.07) is 9.28. The van der Waals surface area contributed by atoms with Crippen LogP contribution in [0.5, 0.6) is 0 Å². The number of hydrogen-bond acceptors (Lipinski definition) is 5. The highest BCUT2D eigenvalue weighted by molar-refractivity contribution is 5.90. The fraction of sp³-hybridized carbons (Fsp3) is 0.333. The molecule has 1 aromatic carbocycles. The first-order valence-electron chi connectivity index (χ1n) is 5.14. The molecule has 0 radical (unpaired) electrons. The molecule has 5 heteroatoms. The summed E-state index contributed by atoms with van der Waals surface area (Å²) in [4.78, 5) is 20.8. The molecule has 0 saturated carbocycles. The second-order valence-electron chi connectivity index (χ2n) is 3.52. The third-order valence-electron chi connectivity index (χ3n) is 2.23. The molecule has 0 saturated heterocycles. The maximum Gasteiger partial charge on any atom is 0.0716 e. The van der Waals surface area contributed by atoms with E-state index < -0.39 is 17.9 Å². The second-order valence-corrected chi connectivity index (χ2v) is 3.52. The minimum Gasteiger partial charge on any atom is -0.549 e. The summed E-state index contributed by atoms with van der Waals surface area (Å²) in [7, 11) is 0. The SMILES string of the molecule is O=C([O-])C(CCOCc1ccccc1)C(=O)[O-]. The largest absolute Gasteiger partial charge is 0.549 e. The highest BCUT2D eigenvalue weighted by atomic mass is 16.5. The van der Waals surface area contributed by atoms with E-state index in [9.17, 15) is 19.8 Å². The Labute approximate surface area is 98.6 Å². The van der Waals surface area contributed by atoms with Gasteiger partial charge in [-0.25, -0.2) is 0 Å². The van der Waals surface area contributed by atoms with E-state index in [1.54, 1.807) is 0 Å². The molecule has 0 spiro atoms. The van der Waals surface area contributed by atoms with Gasteiger partial charge in [0.15, 0.2) is 0 Å². The molecule has 0 bridgehead atoms. The Bertz CT molecular complexity index is 360. The van der Waals surface area contributed by atoms with Crippen molar-refractivity contribution in [2.75, 3.05) is 6.61 Å². The van der Waals surface area contributed by atoms with Crippen LogP contribution in [0, 0.1) is 5.92 Å². The number of hydrogen-bond donors (Lipinski definition) is 0. The lowest BCUT2D eigenvalue weighted by Crippen LogP contribution is -2.43. The number of rotatable bonds is 7. The van der Waals surface area contributed by atoms with Gasteiger partial charge in [0.2, 0.25) is 0 Å². The Morgan fingerprint density at radius 3 is 2.24 bits per heavy atom. The average Bonchev–Trinajstić information content (AvgIpc) is 2.29. The third kappa shape index (κ3) is 4.65. The number of carbonyl (C=O) groups is 2. The van der Waals surface area contributed by atoms with Crippen molar-refractivity contribution >= 4 is 11.9 Å². The zero-order chi connectivity index (χ0) is 12.7. The zero-order valence-corrected chi connectivity index (χ0v) is 9.13. The van der Waals surface area contributed by atoms with Crippen LogP contribution >= 0.6 is 0 Å². The maximum absolute atomic E-state index is 10.4. The topological polar surface area (TPSA) is 89.5 Å². The minimum atomic E-state index is -1.65. The fourth-order valence-corrected chi connectivity index (χ4v) is 1.30. The number of carboxylic acid groups (broad SMARTS) is 2. The Kier molecular flexibility index (Phi) is 5.16. The van der Waals surface area contributed by atoms with Crippen LogP contribution in [0.25, 0.3) is 0 Å². The monoisotopic (exact) mass is 236 g/mol. The van der Waals surface area contributed by atoms with Crippen LogP contribution < -0.4 is 10.2 Å². The van der Waals surface area contributed by atoms with Crippen LogP contribution in [-0.4, -0.2) is 18.5 Å². The van der Waals surface area contributed by atoms with Gasteiger partial charge in [0.05, 0.1) is 18.5 Å². The quantitative estimate of drug-likeness (QED) is 0.434. The molecule has 0 aliphatic rings. The van der Waals surface area contributed by atoms with E-state index in [2.05, 4.69) is 0 Å². The summed E-state index contributed by atoms with van der Waals surface area (Å²) in [6.07, 6.45) is -0.155. The molecule has 0 aliphatic heterocycles. The molecular weight excluding hydrogens is 224 g/mol. The van der Waals surface area contributed by atoms with Gasteiger partial charge in [-0.2, -0.15) is 0 Å². The van der Waals surface area contributed by atoms with Crippen molar-refractivity contribution in [3.63, 3.8) is 0 Å². The van der Waals surface area contributed by atoms with E-state index in [4.69, 9.17) is 4.74 Å². The molecule has 17 heavy (non-hydrogen) atoms. The van der Waals surface area contributed by atoms with Gasteiger partial charge in [-0.3, -0.25) is 0 Å². The van der Waals surface area contributed by atoms with Gasteiger partial charge >= 0.3 is 0 Å². The van der Waals surface area contributed by atoms with Crippen LogP contribution in [0.1, 0.15) is 12.0 Å². The highest BCUT2D eigenvalue weighted by Crippen LogP contribution is 2.04. The van der Waals surface area contributed by atoms with Gasteiger partial charge in [-0.1, -0.05) is 30.3 Å². The maximum atomic E-state index is 10.4. The predicted molar refractivity (Wildman–Crippen MR) is 54.2 cm³/mol. The summed E-state index contributed by atoms with van der Waals surface area (Å²) < 4.78 is 5.17. The molecule has 5 nitrogen and oxygen atoms in total. The number of aliphatic carboxylic acids is 2. The molecule has 0 unspecified atom stereocenters. The van der Waals surface area contributed by atoms with E-state index in [0.29, 0.717) is 6.61 Å². The Balaban J connectivity index is 2.28. The zero-order valence-electron chi connectivity index (χ0n) is 9.13. The minimum absolute atomic E-state index is 0.0293. The molecule has 0 N–H and O–H groups in total. The molecule has 0 aliphatic carbocycles. The van der Waals surface area contributed by atoms with Crippen molar-refractivity contribution in [1.29, 1.82) is 0 Å². The van der Waals surface area contributed by atoms with Gasteiger partial charge < -0.3 is 24.5 Å². The van der Waals surface area contributed by atoms with Crippen molar-refractivity contribution in [3.05, 3.63) is 35.9 Å². The standard InChI is InChI=1S/C12H14O5/c13-11(14)10(12(15)16)6-7-17-8-9-4-2-1-3-5-9/h1-5,10H,6-8H2,(H,13,14)(H,15,16)/p-2. The third-order valence-corrected chi connectivity index (χ3v) is 2.23. The van der Waals surface area contributed by atoms with Gasteiger partial charge in [-0.15, -0.1) is 0 Å². The molecule has 0 fully saturated rings. The summed E-state index contributed by atoms with van der Waals surface area (Å²) in [6.45, 7) is 0.342. The van der Waals surface area contributed by atoms with Gasteiger partial charge in [0.25, 0.3) is 0 Å². The summed E-state index contributed by atoms with van der Waals surface area (Å²) in [5, 5.41) is 20.8.